The summed E-state index contributed by atoms with van der Waals surface area (Å²) in [4.78, 5) is 20.8. The Morgan fingerprint density at radius 2 is 2.12 bits per heavy atom. The van der Waals surface area contributed by atoms with Gasteiger partial charge in [0.05, 0.1) is 17.0 Å². The molecule has 0 aliphatic rings. The number of nitrogens with zero attached hydrogens (tertiary/aromatic N) is 1. The minimum atomic E-state index is -1.23. The molecule has 0 heterocycles. The first kappa shape index (κ1) is 13.0. The summed E-state index contributed by atoms with van der Waals surface area (Å²) >= 11 is 0. The van der Waals surface area contributed by atoms with Gasteiger partial charge in [0.25, 0.3) is 5.69 Å². The summed E-state index contributed by atoms with van der Waals surface area (Å²) < 4.78 is 26.1. The van der Waals surface area contributed by atoms with E-state index in [1.807, 2.05) is 5.32 Å². The van der Waals surface area contributed by atoms with Gasteiger partial charge in [0.15, 0.2) is 11.5 Å². The van der Waals surface area contributed by atoms with E-state index in [1.54, 1.807) is 0 Å². The minimum absolute atomic E-state index is 0.434. The number of nitro benzene ring substituents is 1. The van der Waals surface area contributed by atoms with Crippen molar-refractivity contribution in [1.29, 1.82) is 0 Å². The second-order valence-corrected chi connectivity index (χ2v) is 3.32. The van der Waals surface area contributed by atoms with Crippen molar-refractivity contribution in [3.05, 3.63) is 33.9 Å². The van der Waals surface area contributed by atoms with Crippen LogP contribution in [0.3, 0.4) is 0 Å². The van der Waals surface area contributed by atoms with Crippen molar-refractivity contribution in [2.75, 3.05) is 5.32 Å². The van der Waals surface area contributed by atoms with Crippen LogP contribution in [-0.4, -0.2) is 16.9 Å². The van der Waals surface area contributed by atoms with Crippen LogP contribution in [0.4, 0.5) is 20.2 Å². The molecule has 92 valence electrons. The van der Waals surface area contributed by atoms with Crippen LogP contribution >= 0.6 is 0 Å². The predicted octanol–water partition coefficient (Wildman–Crippen LogP) is 1.16. The van der Waals surface area contributed by atoms with Gasteiger partial charge >= 0.3 is 0 Å². The highest BCUT2D eigenvalue weighted by atomic mass is 19.1. The molecule has 0 saturated heterocycles. The lowest BCUT2D eigenvalue weighted by Gasteiger charge is -2.09. The van der Waals surface area contributed by atoms with E-state index in [-0.39, 0.29) is 0 Å². The standard InChI is InChI=1S/C9H9F2N3O3/c1-4(12)9(15)13-8-6(11)2-5(10)3-7(8)14(16)17/h2-4H,12H2,1H3,(H,13,15). The quantitative estimate of drug-likeness (QED) is 0.616. The highest BCUT2D eigenvalue weighted by Crippen LogP contribution is 2.28. The van der Waals surface area contributed by atoms with Crippen molar-refractivity contribution >= 4 is 17.3 Å². The number of anilines is 1. The first-order valence-electron chi connectivity index (χ1n) is 4.52. The van der Waals surface area contributed by atoms with Gasteiger partial charge in [-0.15, -0.1) is 0 Å². The van der Waals surface area contributed by atoms with E-state index in [2.05, 4.69) is 0 Å². The van der Waals surface area contributed by atoms with Crippen molar-refractivity contribution in [2.45, 2.75) is 13.0 Å². The van der Waals surface area contributed by atoms with E-state index in [4.69, 9.17) is 5.73 Å². The molecule has 1 amide bonds. The van der Waals surface area contributed by atoms with Crippen LogP contribution in [0.15, 0.2) is 12.1 Å². The molecular formula is C9H9F2N3O3. The number of nitrogens with one attached hydrogen (secondary N) is 1. The predicted molar refractivity (Wildman–Crippen MR) is 55.3 cm³/mol. The zero-order chi connectivity index (χ0) is 13.2. The minimum Gasteiger partial charge on any atom is -0.320 e. The van der Waals surface area contributed by atoms with Crippen molar-refractivity contribution in [1.82, 2.24) is 0 Å². The average Bonchev–Trinajstić information content (AvgIpc) is 2.20. The lowest BCUT2D eigenvalue weighted by molar-refractivity contribution is -0.384. The van der Waals surface area contributed by atoms with Gasteiger partial charge in [-0.05, 0) is 6.92 Å². The normalized spacial score (nSPS) is 12.0. The number of hydrogen-bond donors (Lipinski definition) is 2. The van der Waals surface area contributed by atoms with E-state index in [0.717, 1.165) is 0 Å². The zero-order valence-corrected chi connectivity index (χ0v) is 8.74. The fourth-order valence-electron chi connectivity index (χ4n) is 1.06. The number of amides is 1. The molecule has 1 aromatic carbocycles. The van der Waals surface area contributed by atoms with E-state index in [1.165, 1.54) is 6.92 Å². The van der Waals surface area contributed by atoms with Crippen LogP contribution in [-0.2, 0) is 4.79 Å². The van der Waals surface area contributed by atoms with E-state index < -0.39 is 39.9 Å². The molecule has 0 aromatic heterocycles. The number of carbonyl (C=O) groups is 1. The SMILES string of the molecule is CC(N)C(=O)Nc1c(F)cc(F)cc1[N+](=O)[O-]. The molecular weight excluding hydrogens is 236 g/mol. The molecule has 0 bridgehead atoms. The van der Waals surface area contributed by atoms with Crippen LogP contribution in [0.1, 0.15) is 6.92 Å². The first-order chi connectivity index (χ1) is 7.82. The van der Waals surface area contributed by atoms with Gasteiger partial charge < -0.3 is 11.1 Å². The number of nitrogens with two attached hydrogens (primary N) is 1. The molecule has 0 aliphatic carbocycles. The lowest BCUT2D eigenvalue weighted by Crippen LogP contribution is -2.33. The van der Waals surface area contributed by atoms with Gasteiger partial charge in [-0.25, -0.2) is 8.78 Å². The summed E-state index contributed by atoms with van der Waals surface area (Å²) in [6.07, 6.45) is 0. The molecule has 0 radical (unpaired) electrons. The Morgan fingerprint density at radius 1 is 1.53 bits per heavy atom. The fourth-order valence-corrected chi connectivity index (χ4v) is 1.06. The van der Waals surface area contributed by atoms with Gasteiger partial charge in [-0.2, -0.15) is 0 Å². The smallest absolute Gasteiger partial charge is 0.298 e. The number of benzene rings is 1. The Morgan fingerprint density at radius 3 is 2.59 bits per heavy atom. The molecule has 1 atom stereocenters. The monoisotopic (exact) mass is 245 g/mol. The number of halogens is 2. The number of carbonyl (C=O) groups excluding carboxylic acids is 1. The maximum Gasteiger partial charge on any atom is 0.298 e. The third-order valence-corrected chi connectivity index (χ3v) is 1.89. The maximum absolute atomic E-state index is 13.3. The third-order valence-electron chi connectivity index (χ3n) is 1.89. The van der Waals surface area contributed by atoms with E-state index in [9.17, 15) is 23.7 Å². The molecule has 0 saturated carbocycles. The summed E-state index contributed by atoms with van der Waals surface area (Å²) in [6.45, 7) is 1.32. The van der Waals surface area contributed by atoms with Crippen LogP contribution in [0.25, 0.3) is 0 Å². The van der Waals surface area contributed by atoms with Gasteiger partial charge in [-0.1, -0.05) is 0 Å². The molecule has 0 spiro atoms. The van der Waals surface area contributed by atoms with E-state index >= 15 is 0 Å². The largest absolute Gasteiger partial charge is 0.320 e. The topological polar surface area (TPSA) is 98.3 Å². The molecule has 6 nitrogen and oxygen atoms in total. The van der Waals surface area contributed by atoms with E-state index in [0.29, 0.717) is 12.1 Å². The van der Waals surface area contributed by atoms with Crippen LogP contribution in [0.5, 0.6) is 0 Å². The summed E-state index contributed by atoms with van der Waals surface area (Å²) in [5.74, 6) is -3.14. The summed E-state index contributed by atoms with van der Waals surface area (Å²) in [7, 11) is 0. The van der Waals surface area contributed by atoms with Crippen molar-refractivity contribution < 1.29 is 18.5 Å². The Bertz CT molecular complexity index is 477. The molecule has 1 rings (SSSR count). The lowest BCUT2D eigenvalue weighted by atomic mass is 10.2. The number of rotatable bonds is 3. The van der Waals surface area contributed by atoms with Gasteiger partial charge in [0, 0.05) is 6.07 Å². The Kier molecular flexibility index (Phi) is 3.69. The van der Waals surface area contributed by atoms with Crippen molar-refractivity contribution in [3.63, 3.8) is 0 Å². The van der Waals surface area contributed by atoms with Crippen LogP contribution < -0.4 is 11.1 Å². The molecule has 17 heavy (non-hydrogen) atoms. The van der Waals surface area contributed by atoms with Crippen molar-refractivity contribution in [3.8, 4) is 0 Å². The zero-order valence-electron chi connectivity index (χ0n) is 8.74. The summed E-state index contributed by atoms with van der Waals surface area (Å²) in [5, 5.41) is 12.5. The van der Waals surface area contributed by atoms with Crippen molar-refractivity contribution in [2.24, 2.45) is 5.73 Å². The summed E-state index contributed by atoms with van der Waals surface area (Å²) in [5.41, 5.74) is 3.65. The number of nitro groups is 1. The summed E-state index contributed by atoms with van der Waals surface area (Å²) in [6, 6.07) is -0.0250. The molecule has 1 aromatic rings. The maximum atomic E-state index is 13.3. The van der Waals surface area contributed by atoms with Gasteiger partial charge in [0.1, 0.15) is 5.82 Å². The van der Waals surface area contributed by atoms with Crippen LogP contribution in [0, 0.1) is 21.7 Å². The Balaban J connectivity index is 3.22. The first-order valence-corrected chi connectivity index (χ1v) is 4.52. The highest BCUT2D eigenvalue weighted by molar-refractivity contribution is 5.96. The molecule has 1 unspecified atom stereocenters. The molecule has 8 heteroatoms. The van der Waals surface area contributed by atoms with Crippen LogP contribution in [0.2, 0.25) is 0 Å². The Labute approximate surface area is 94.6 Å². The van der Waals surface area contributed by atoms with Gasteiger partial charge in [-0.3, -0.25) is 14.9 Å². The number of hydrogen-bond acceptors (Lipinski definition) is 4. The molecule has 3 N–H and O–H groups in total. The molecule has 0 fully saturated rings. The fraction of sp³-hybridized carbons (Fsp3) is 0.222. The molecule has 0 aliphatic heterocycles. The second-order valence-electron chi connectivity index (χ2n) is 3.32. The average molecular weight is 245 g/mol. The van der Waals surface area contributed by atoms with Gasteiger partial charge in [0.2, 0.25) is 5.91 Å². The third kappa shape index (κ3) is 2.94. The highest BCUT2D eigenvalue weighted by Gasteiger charge is 2.23. The Hall–Kier alpha value is -2.09. The second kappa shape index (κ2) is 4.83.